The second-order valence-electron chi connectivity index (χ2n) is 9.53. The molecule has 0 unspecified atom stereocenters. The van der Waals surface area contributed by atoms with Crippen molar-refractivity contribution in [1.29, 1.82) is 0 Å². The van der Waals surface area contributed by atoms with E-state index < -0.39 is 24.4 Å². The summed E-state index contributed by atoms with van der Waals surface area (Å²) >= 11 is 0. The number of primary amides is 1. The molecule has 0 saturated carbocycles. The summed E-state index contributed by atoms with van der Waals surface area (Å²) in [6.45, 7) is -0.490. The highest BCUT2D eigenvalue weighted by Gasteiger charge is 2.28. The van der Waals surface area contributed by atoms with E-state index in [-0.39, 0.29) is 0 Å². The summed E-state index contributed by atoms with van der Waals surface area (Å²) in [5, 5.41) is 3.30. The second kappa shape index (κ2) is 12.0. The van der Waals surface area contributed by atoms with Gasteiger partial charge in [0, 0.05) is 16.6 Å². The van der Waals surface area contributed by atoms with Crippen LogP contribution in [-0.2, 0) is 16.0 Å². The smallest absolute Gasteiger partial charge is 0.339 e. The maximum atomic E-state index is 13.4. The number of carbonyl (C=O) groups excluding carboxylic acids is 3. The number of amides is 2. The van der Waals surface area contributed by atoms with Gasteiger partial charge < -0.3 is 30.0 Å². The van der Waals surface area contributed by atoms with E-state index >= 15 is 0 Å². The van der Waals surface area contributed by atoms with E-state index in [2.05, 4.69) is 5.32 Å². The number of fused-ring (bicyclic) bond motifs is 2. The van der Waals surface area contributed by atoms with E-state index in [0.29, 0.717) is 63.5 Å². The number of anilines is 1. The Labute approximate surface area is 242 Å². The average Bonchev–Trinajstić information content (AvgIpc) is 3.39. The van der Waals surface area contributed by atoms with Crippen LogP contribution in [0.2, 0.25) is 0 Å². The number of hydrogen-bond donors (Lipinski definition) is 2. The normalized spacial score (nSPS) is 13.0. The Kier molecular flexibility index (Phi) is 8.05. The summed E-state index contributed by atoms with van der Waals surface area (Å²) in [7, 11) is 4.67. The minimum Gasteiger partial charge on any atom is -0.493 e. The lowest BCUT2D eigenvalue weighted by Crippen LogP contribution is -2.22. The molecule has 0 atom stereocenters. The highest BCUT2D eigenvalue weighted by atomic mass is 16.5. The van der Waals surface area contributed by atoms with Gasteiger partial charge in [-0.15, -0.1) is 0 Å². The highest BCUT2D eigenvalue weighted by Crippen LogP contribution is 2.41. The van der Waals surface area contributed by atoms with Crippen molar-refractivity contribution in [2.75, 3.05) is 33.3 Å². The lowest BCUT2D eigenvalue weighted by atomic mass is 10.0. The Morgan fingerprint density at radius 3 is 2.26 bits per heavy atom. The lowest BCUT2D eigenvalue weighted by Gasteiger charge is -2.14. The zero-order valence-electron chi connectivity index (χ0n) is 23.4. The maximum absolute atomic E-state index is 13.4. The Balaban J connectivity index is 1.43. The molecule has 42 heavy (non-hydrogen) atoms. The first-order valence-corrected chi connectivity index (χ1v) is 13.1. The number of methoxy groups -OCH3 is 3. The molecule has 0 spiro atoms. The van der Waals surface area contributed by atoms with Crippen LogP contribution in [0, 0.1) is 0 Å². The fourth-order valence-electron chi connectivity index (χ4n) is 5.02. The molecule has 0 bridgehead atoms. The zero-order chi connectivity index (χ0) is 29.8. The summed E-state index contributed by atoms with van der Waals surface area (Å²) in [5.41, 5.74) is 10.3. The monoisotopic (exact) mass is 567 g/mol. The summed E-state index contributed by atoms with van der Waals surface area (Å²) in [4.78, 5) is 42.1. The molecule has 0 fully saturated rings. The van der Waals surface area contributed by atoms with E-state index in [9.17, 15) is 14.4 Å². The number of pyridine rings is 1. The third kappa shape index (κ3) is 5.60. The molecule has 1 aromatic heterocycles. The maximum Gasteiger partial charge on any atom is 0.339 e. The number of allylic oxidation sites excluding steroid dienone is 1. The highest BCUT2D eigenvalue weighted by molar-refractivity contribution is 6.08. The number of esters is 1. The van der Waals surface area contributed by atoms with E-state index in [1.54, 1.807) is 33.5 Å². The number of carbonyl (C=O) groups is 3. The first-order valence-electron chi connectivity index (χ1n) is 13.1. The molecular formula is C32H29N3O7. The molecule has 10 heteroatoms. The molecule has 0 saturated heterocycles. The van der Waals surface area contributed by atoms with Gasteiger partial charge >= 0.3 is 5.97 Å². The standard InChI is InChI=1S/C32H29N3O7/c1-39-25-15-18(16-26(40-2)30(25)41-3)14-20-10-13-23-28(22-6-4-5-7-24(22)35-29(20)23)32(38)42-17-27(36)34-21-11-8-19(9-12-21)31(33)37/h4-9,11-12,14-16H,10,13,17H2,1-3H3,(H2,33,37)(H,34,36)/b20-14-. The van der Waals surface area contributed by atoms with Gasteiger partial charge in [-0.05, 0) is 78.1 Å². The van der Waals surface area contributed by atoms with Crippen LogP contribution in [0.5, 0.6) is 17.2 Å². The molecule has 1 aliphatic carbocycles. The van der Waals surface area contributed by atoms with E-state index in [4.69, 9.17) is 29.7 Å². The molecule has 214 valence electrons. The van der Waals surface area contributed by atoms with Crippen molar-refractivity contribution < 1.29 is 33.3 Å². The van der Waals surface area contributed by atoms with Crippen LogP contribution in [0.3, 0.4) is 0 Å². The SMILES string of the molecule is COc1cc(/C=C2/CCc3c2nc2ccccc2c3C(=O)OCC(=O)Nc2ccc(C(N)=O)cc2)cc(OC)c1OC. The predicted octanol–water partition coefficient (Wildman–Crippen LogP) is 4.64. The molecule has 1 aliphatic rings. The van der Waals surface area contributed by atoms with Crippen molar-refractivity contribution in [3.8, 4) is 17.2 Å². The van der Waals surface area contributed by atoms with Gasteiger partial charge in [0.2, 0.25) is 11.7 Å². The summed E-state index contributed by atoms with van der Waals surface area (Å²) in [5.74, 6) is -0.152. The minimum absolute atomic E-state index is 0.316. The molecule has 3 N–H and O–H groups in total. The van der Waals surface area contributed by atoms with Gasteiger partial charge in [0.25, 0.3) is 5.91 Å². The number of rotatable bonds is 9. The Hall–Kier alpha value is -5.38. The average molecular weight is 568 g/mol. The zero-order valence-corrected chi connectivity index (χ0v) is 23.4. The van der Waals surface area contributed by atoms with Crippen molar-refractivity contribution >= 4 is 46.0 Å². The van der Waals surface area contributed by atoms with Crippen LogP contribution in [0.25, 0.3) is 22.6 Å². The predicted molar refractivity (Wildman–Crippen MR) is 158 cm³/mol. The van der Waals surface area contributed by atoms with Crippen LogP contribution >= 0.6 is 0 Å². The number of nitrogens with two attached hydrogens (primary N) is 1. The number of para-hydroxylation sites is 1. The van der Waals surface area contributed by atoms with Gasteiger partial charge in [-0.2, -0.15) is 0 Å². The molecule has 3 aromatic carbocycles. The Morgan fingerprint density at radius 2 is 1.62 bits per heavy atom. The molecule has 1 heterocycles. The van der Waals surface area contributed by atoms with Crippen LogP contribution in [-0.4, -0.2) is 50.7 Å². The second-order valence-corrected chi connectivity index (χ2v) is 9.53. The number of ether oxygens (including phenoxy) is 4. The summed E-state index contributed by atoms with van der Waals surface area (Å²) in [6.07, 6.45) is 3.22. The van der Waals surface area contributed by atoms with Crippen molar-refractivity contribution in [1.82, 2.24) is 4.98 Å². The molecule has 2 amide bonds. The summed E-state index contributed by atoms with van der Waals surface area (Å²) < 4.78 is 21.9. The fraction of sp³-hybridized carbons (Fsp3) is 0.188. The quantitative estimate of drug-likeness (QED) is 0.279. The molecule has 5 rings (SSSR count). The molecule has 10 nitrogen and oxygen atoms in total. The van der Waals surface area contributed by atoms with Gasteiger partial charge in [-0.3, -0.25) is 9.59 Å². The van der Waals surface area contributed by atoms with Gasteiger partial charge in [-0.1, -0.05) is 18.2 Å². The third-order valence-corrected chi connectivity index (χ3v) is 6.96. The van der Waals surface area contributed by atoms with Crippen molar-refractivity contribution in [2.45, 2.75) is 12.8 Å². The van der Waals surface area contributed by atoms with Crippen molar-refractivity contribution in [2.24, 2.45) is 5.73 Å². The van der Waals surface area contributed by atoms with Crippen LogP contribution in [0.15, 0.2) is 60.7 Å². The molecule has 0 radical (unpaired) electrons. The van der Waals surface area contributed by atoms with Gasteiger partial charge in [0.15, 0.2) is 18.1 Å². The summed E-state index contributed by atoms with van der Waals surface area (Å²) in [6, 6.07) is 17.1. The Morgan fingerprint density at radius 1 is 0.929 bits per heavy atom. The van der Waals surface area contributed by atoms with Crippen LogP contribution in [0.1, 0.15) is 44.0 Å². The van der Waals surface area contributed by atoms with Gasteiger partial charge in [0.1, 0.15) is 0 Å². The largest absolute Gasteiger partial charge is 0.493 e. The molecule has 0 aliphatic heterocycles. The van der Waals surface area contributed by atoms with Gasteiger partial charge in [-0.25, -0.2) is 9.78 Å². The third-order valence-electron chi connectivity index (χ3n) is 6.96. The number of benzene rings is 3. The van der Waals surface area contributed by atoms with Gasteiger partial charge in [0.05, 0.1) is 38.1 Å². The van der Waals surface area contributed by atoms with E-state index in [0.717, 1.165) is 16.7 Å². The molecule has 4 aromatic rings. The topological polar surface area (TPSA) is 139 Å². The van der Waals surface area contributed by atoms with Crippen molar-refractivity contribution in [3.05, 3.63) is 88.6 Å². The molecular weight excluding hydrogens is 538 g/mol. The van der Waals surface area contributed by atoms with Crippen LogP contribution < -0.4 is 25.3 Å². The first kappa shape index (κ1) is 28.2. The number of hydrogen-bond acceptors (Lipinski definition) is 8. The van der Waals surface area contributed by atoms with Crippen molar-refractivity contribution in [3.63, 3.8) is 0 Å². The van der Waals surface area contributed by atoms with E-state index in [1.807, 2.05) is 42.5 Å². The van der Waals surface area contributed by atoms with Crippen LogP contribution in [0.4, 0.5) is 5.69 Å². The minimum atomic E-state index is -0.613. The fourth-order valence-corrected chi connectivity index (χ4v) is 5.02. The lowest BCUT2D eigenvalue weighted by molar-refractivity contribution is -0.119. The first-order chi connectivity index (χ1) is 20.3. The van der Waals surface area contributed by atoms with E-state index in [1.165, 1.54) is 12.1 Å². The number of aromatic nitrogens is 1. The number of nitrogens with zero attached hydrogens (tertiary/aromatic N) is 1. The Bertz CT molecular complexity index is 1700. The number of nitrogens with one attached hydrogen (secondary N) is 1.